The molecule has 1 heterocycles. The number of hydrogen-bond acceptors (Lipinski definition) is 4. The van der Waals surface area contributed by atoms with Crippen LogP contribution < -0.4 is 5.73 Å². The van der Waals surface area contributed by atoms with Crippen molar-refractivity contribution in [2.24, 2.45) is 5.73 Å². The van der Waals surface area contributed by atoms with Crippen LogP contribution in [0.4, 0.5) is 4.39 Å². The third kappa shape index (κ3) is 2.69. The Kier molecular flexibility index (Phi) is 3.33. The highest BCUT2D eigenvalue weighted by Gasteiger charge is 2.14. The van der Waals surface area contributed by atoms with Gasteiger partial charge in [0, 0.05) is 6.42 Å². The standard InChI is InChI=1S/C11H11FN4O2/c12-7-1-3-9(4-2-7)16-6-8(14-15-16)5-10(13)11(17)18/h1-4,6,10H,5,13H2,(H,17,18). The van der Waals surface area contributed by atoms with Crippen LogP contribution in [0.5, 0.6) is 0 Å². The van der Waals surface area contributed by atoms with Crippen LogP contribution >= 0.6 is 0 Å². The van der Waals surface area contributed by atoms with Crippen molar-refractivity contribution in [3.63, 3.8) is 0 Å². The van der Waals surface area contributed by atoms with Crippen LogP contribution in [0.1, 0.15) is 5.69 Å². The van der Waals surface area contributed by atoms with Gasteiger partial charge in [-0.3, -0.25) is 4.79 Å². The molecule has 0 fully saturated rings. The Morgan fingerprint density at radius 1 is 1.44 bits per heavy atom. The molecular formula is C11H11FN4O2. The SMILES string of the molecule is NC(Cc1cn(-c2ccc(F)cc2)nn1)C(=O)O. The number of carboxylic acids is 1. The first-order valence-electron chi connectivity index (χ1n) is 5.22. The molecule has 0 aliphatic carbocycles. The van der Waals surface area contributed by atoms with E-state index in [0.717, 1.165) is 0 Å². The topological polar surface area (TPSA) is 94.0 Å². The number of hydrogen-bond donors (Lipinski definition) is 2. The molecule has 0 saturated carbocycles. The first kappa shape index (κ1) is 12.2. The van der Waals surface area contributed by atoms with Crippen LogP contribution in [0.2, 0.25) is 0 Å². The molecule has 0 aliphatic heterocycles. The molecule has 0 spiro atoms. The number of carbonyl (C=O) groups is 1. The third-order valence-corrected chi connectivity index (χ3v) is 2.38. The van der Waals surface area contributed by atoms with E-state index in [-0.39, 0.29) is 12.2 Å². The highest BCUT2D eigenvalue weighted by Crippen LogP contribution is 2.08. The number of aromatic nitrogens is 3. The Bertz CT molecular complexity index is 552. The predicted molar refractivity (Wildman–Crippen MR) is 60.6 cm³/mol. The Morgan fingerprint density at radius 2 is 2.11 bits per heavy atom. The van der Waals surface area contributed by atoms with E-state index in [1.54, 1.807) is 18.3 Å². The van der Waals surface area contributed by atoms with Gasteiger partial charge < -0.3 is 10.8 Å². The molecule has 1 aromatic carbocycles. The van der Waals surface area contributed by atoms with Crippen LogP contribution in [0.3, 0.4) is 0 Å². The Hall–Kier alpha value is -2.28. The van der Waals surface area contributed by atoms with Gasteiger partial charge in [-0.15, -0.1) is 5.10 Å². The van der Waals surface area contributed by atoms with Crippen molar-refractivity contribution < 1.29 is 14.3 Å². The second-order valence-corrected chi connectivity index (χ2v) is 3.78. The van der Waals surface area contributed by atoms with Crippen molar-refractivity contribution in [1.29, 1.82) is 0 Å². The monoisotopic (exact) mass is 250 g/mol. The zero-order valence-electron chi connectivity index (χ0n) is 9.32. The maximum Gasteiger partial charge on any atom is 0.320 e. The fraction of sp³-hybridized carbons (Fsp3) is 0.182. The number of halogens is 1. The van der Waals surface area contributed by atoms with Gasteiger partial charge in [0.1, 0.15) is 11.9 Å². The van der Waals surface area contributed by atoms with Gasteiger partial charge in [0.25, 0.3) is 0 Å². The van der Waals surface area contributed by atoms with E-state index < -0.39 is 12.0 Å². The van der Waals surface area contributed by atoms with Crippen molar-refractivity contribution in [2.75, 3.05) is 0 Å². The molecule has 6 nitrogen and oxygen atoms in total. The van der Waals surface area contributed by atoms with Crippen molar-refractivity contribution in [1.82, 2.24) is 15.0 Å². The predicted octanol–water partition coefficient (Wildman–Crippen LogP) is 0.361. The molecule has 0 saturated heterocycles. The lowest BCUT2D eigenvalue weighted by molar-refractivity contribution is -0.138. The normalized spacial score (nSPS) is 12.3. The summed E-state index contributed by atoms with van der Waals surface area (Å²) in [7, 11) is 0. The minimum atomic E-state index is -1.09. The van der Waals surface area contributed by atoms with Crippen molar-refractivity contribution in [2.45, 2.75) is 12.5 Å². The first-order chi connectivity index (χ1) is 8.56. The summed E-state index contributed by atoms with van der Waals surface area (Å²) in [5, 5.41) is 16.3. The summed E-state index contributed by atoms with van der Waals surface area (Å²) in [4.78, 5) is 10.6. The van der Waals surface area contributed by atoms with Crippen molar-refractivity contribution in [3.8, 4) is 5.69 Å². The van der Waals surface area contributed by atoms with Crippen LogP contribution in [-0.2, 0) is 11.2 Å². The molecule has 1 atom stereocenters. The third-order valence-electron chi connectivity index (χ3n) is 2.38. The van der Waals surface area contributed by atoms with Gasteiger partial charge in [0.15, 0.2) is 0 Å². The van der Waals surface area contributed by atoms with E-state index in [0.29, 0.717) is 11.4 Å². The summed E-state index contributed by atoms with van der Waals surface area (Å²) in [5.41, 5.74) is 6.50. The Balaban J connectivity index is 2.15. The van der Waals surface area contributed by atoms with Crippen LogP contribution in [0, 0.1) is 5.82 Å². The lowest BCUT2D eigenvalue weighted by Crippen LogP contribution is -2.32. The first-order valence-corrected chi connectivity index (χ1v) is 5.22. The number of carboxylic acid groups (broad SMARTS) is 1. The van der Waals surface area contributed by atoms with Crippen LogP contribution in [0.15, 0.2) is 30.5 Å². The molecule has 3 N–H and O–H groups in total. The molecule has 0 bridgehead atoms. The highest BCUT2D eigenvalue weighted by atomic mass is 19.1. The van der Waals surface area contributed by atoms with E-state index in [1.165, 1.54) is 16.8 Å². The Labute approximate surface area is 102 Å². The van der Waals surface area contributed by atoms with Crippen LogP contribution in [-0.4, -0.2) is 32.1 Å². The van der Waals surface area contributed by atoms with Gasteiger partial charge in [0.2, 0.25) is 0 Å². The van der Waals surface area contributed by atoms with Gasteiger partial charge in [-0.25, -0.2) is 9.07 Å². The van der Waals surface area contributed by atoms with E-state index in [1.807, 2.05) is 0 Å². The summed E-state index contributed by atoms with van der Waals surface area (Å²) in [5.74, 6) is -1.43. The molecule has 0 amide bonds. The summed E-state index contributed by atoms with van der Waals surface area (Å²) < 4.78 is 14.2. The summed E-state index contributed by atoms with van der Waals surface area (Å²) >= 11 is 0. The fourth-order valence-electron chi connectivity index (χ4n) is 1.42. The summed E-state index contributed by atoms with van der Waals surface area (Å²) in [6.07, 6.45) is 1.66. The van der Waals surface area contributed by atoms with Gasteiger partial charge in [-0.05, 0) is 24.3 Å². The number of benzene rings is 1. The van der Waals surface area contributed by atoms with E-state index in [4.69, 9.17) is 10.8 Å². The number of aliphatic carboxylic acids is 1. The molecule has 1 unspecified atom stereocenters. The smallest absolute Gasteiger partial charge is 0.320 e. The van der Waals surface area contributed by atoms with Gasteiger partial charge in [-0.1, -0.05) is 5.21 Å². The lowest BCUT2D eigenvalue weighted by atomic mass is 10.2. The molecule has 2 aromatic rings. The molecular weight excluding hydrogens is 239 g/mol. The number of nitrogens with two attached hydrogens (primary N) is 1. The fourth-order valence-corrected chi connectivity index (χ4v) is 1.42. The van der Waals surface area contributed by atoms with E-state index >= 15 is 0 Å². The van der Waals surface area contributed by atoms with Gasteiger partial charge in [-0.2, -0.15) is 0 Å². The van der Waals surface area contributed by atoms with Gasteiger partial charge in [0.05, 0.1) is 17.6 Å². The van der Waals surface area contributed by atoms with Crippen LogP contribution in [0.25, 0.3) is 5.69 Å². The number of rotatable bonds is 4. The molecule has 7 heteroatoms. The van der Waals surface area contributed by atoms with E-state index in [2.05, 4.69) is 10.3 Å². The molecule has 94 valence electrons. The molecule has 18 heavy (non-hydrogen) atoms. The maximum atomic E-state index is 12.7. The largest absolute Gasteiger partial charge is 0.480 e. The van der Waals surface area contributed by atoms with Crippen molar-refractivity contribution >= 4 is 5.97 Å². The van der Waals surface area contributed by atoms with Crippen molar-refractivity contribution in [3.05, 3.63) is 42.0 Å². The zero-order valence-corrected chi connectivity index (χ0v) is 9.32. The average molecular weight is 250 g/mol. The quantitative estimate of drug-likeness (QED) is 0.817. The lowest BCUT2D eigenvalue weighted by Gasteiger charge is -2.01. The number of nitrogens with zero attached hydrogens (tertiary/aromatic N) is 3. The maximum absolute atomic E-state index is 12.7. The van der Waals surface area contributed by atoms with E-state index in [9.17, 15) is 9.18 Å². The Morgan fingerprint density at radius 3 is 2.72 bits per heavy atom. The summed E-state index contributed by atoms with van der Waals surface area (Å²) in [6.45, 7) is 0. The molecule has 2 rings (SSSR count). The molecule has 1 aromatic heterocycles. The highest BCUT2D eigenvalue weighted by molar-refractivity contribution is 5.73. The van der Waals surface area contributed by atoms with Gasteiger partial charge >= 0.3 is 5.97 Å². The second kappa shape index (κ2) is 4.92. The average Bonchev–Trinajstić information content (AvgIpc) is 2.78. The summed E-state index contributed by atoms with van der Waals surface area (Å²) in [6, 6.07) is 4.69. The minimum absolute atomic E-state index is 0.0938. The zero-order chi connectivity index (χ0) is 13.1. The molecule has 0 aliphatic rings. The minimum Gasteiger partial charge on any atom is -0.480 e. The molecule has 0 radical (unpaired) electrons. The second-order valence-electron chi connectivity index (χ2n) is 3.78.